The Hall–Kier alpha value is -2.08. The molecule has 0 fully saturated rings. The van der Waals surface area contributed by atoms with Crippen LogP contribution in [-0.2, 0) is 6.54 Å². The van der Waals surface area contributed by atoms with E-state index in [2.05, 4.69) is 26.2 Å². The highest BCUT2D eigenvalue weighted by Gasteiger charge is 2.15. The first-order valence-electron chi connectivity index (χ1n) is 6.21. The maximum atomic E-state index is 12.1. The quantitative estimate of drug-likeness (QED) is 0.795. The number of halogens is 1. The van der Waals surface area contributed by atoms with Crippen LogP contribution in [0.15, 0.2) is 45.5 Å². The second kappa shape index (κ2) is 5.13. The number of hydrogen-bond donors (Lipinski definition) is 1. The fourth-order valence-corrected chi connectivity index (χ4v) is 2.40. The zero-order valence-corrected chi connectivity index (χ0v) is 12.3. The van der Waals surface area contributed by atoms with Gasteiger partial charge >= 0.3 is 0 Å². The van der Waals surface area contributed by atoms with Gasteiger partial charge in [0.05, 0.1) is 11.0 Å². The van der Waals surface area contributed by atoms with Crippen LogP contribution < -0.4 is 5.32 Å². The summed E-state index contributed by atoms with van der Waals surface area (Å²) < 4.78 is 7.70. The summed E-state index contributed by atoms with van der Waals surface area (Å²) >= 11 is 3.17. The van der Waals surface area contributed by atoms with E-state index >= 15 is 0 Å². The Balaban J connectivity index is 1.96. The highest BCUT2D eigenvalue weighted by Crippen LogP contribution is 2.21. The number of rotatable bonds is 3. The minimum atomic E-state index is -0.319. The summed E-state index contributed by atoms with van der Waals surface area (Å²) in [6.07, 6.45) is 0. The molecule has 102 valence electrons. The molecule has 0 atom stereocenters. The summed E-state index contributed by atoms with van der Waals surface area (Å²) in [5, 5.41) is 2.78. The Morgan fingerprint density at radius 3 is 2.85 bits per heavy atom. The molecule has 3 rings (SSSR count). The number of nitrogens with one attached hydrogen (secondary N) is 1. The van der Waals surface area contributed by atoms with Crippen LogP contribution in [0, 0.1) is 0 Å². The van der Waals surface area contributed by atoms with E-state index in [1.165, 1.54) is 0 Å². The van der Waals surface area contributed by atoms with E-state index < -0.39 is 0 Å². The molecule has 3 aromatic rings. The van der Waals surface area contributed by atoms with Crippen molar-refractivity contribution >= 4 is 38.8 Å². The van der Waals surface area contributed by atoms with E-state index in [0.717, 1.165) is 17.6 Å². The molecule has 0 aliphatic heterocycles. The zero-order valence-electron chi connectivity index (χ0n) is 10.8. The Kier molecular flexibility index (Phi) is 3.31. The molecule has 1 N–H and O–H groups in total. The van der Waals surface area contributed by atoms with Crippen LogP contribution in [0.25, 0.3) is 11.0 Å². The maximum absolute atomic E-state index is 12.1. The summed E-state index contributed by atoms with van der Waals surface area (Å²) in [6, 6.07) is 11.1. The molecule has 6 heteroatoms. The second-order valence-electron chi connectivity index (χ2n) is 4.23. The smallest absolute Gasteiger partial charge is 0.293 e. The summed E-state index contributed by atoms with van der Waals surface area (Å²) in [5.41, 5.74) is 1.84. The number of carbonyl (C=O) groups is 1. The third kappa shape index (κ3) is 2.22. The van der Waals surface area contributed by atoms with E-state index in [4.69, 9.17) is 4.42 Å². The summed E-state index contributed by atoms with van der Waals surface area (Å²) in [5.74, 6) is 0.443. The highest BCUT2D eigenvalue weighted by atomic mass is 79.9. The molecule has 1 aromatic carbocycles. The van der Waals surface area contributed by atoms with Gasteiger partial charge in [0, 0.05) is 6.54 Å². The Morgan fingerprint density at radius 1 is 1.35 bits per heavy atom. The van der Waals surface area contributed by atoms with Crippen molar-refractivity contribution in [3.63, 3.8) is 0 Å². The Bertz CT molecular complexity index is 776. The van der Waals surface area contributed by atoms with Crippen molar-refractivity contribution in [1.82, 2.24) is 9.55 Å². The van der Waals surface area contributed by atoms with Crippen molar-refractivity contribution in [3.05, 3.63) is 46.8 Å². The summed E-state index contributed by atoms with van der Waals surface area (Å²) in [4.78, 5) is 16.5. The van der Waals surface area contributed by atoms with E-state index in [1.807, 2.05) is 35.8 Å². The van der Waals surface area contributed by atoms with Gasteiger partial charge in [0.15, 0.2) is 10.4 Å². The van der Waals surface area contributed by atoms with Crippen LogP contribution >= 0.6 is 15.9 Å². The largest absolute Gasteiger partial charge is 0.444 e. The van der Waals surface area contributed by atoms with Crippen molar-refractivity contribution in [1.29, 1.82) is 0 Å². The molecule has 0 aliphatic carbocycles. The first-order valence-corrected chi connectivity index (χ1v) is 7.00. The molecule has 0 spiro atoms. The van der Waals surface area contributed by atoms with E-state index in [-0.39, 0.29) is 11.7 Å². The van der Waals surface area contributed by atoms with Crippen molar-refractivity contribution in [2.45, 2.75) is 13.5 Å². The lowest BCUT2D eigenvalue weighted by atomic mass is 10.3. The number of benzene rings is 1. The van der Waals surface area contributed by atoms with Gasteiger partial charge in [-0.2, -0.15) is 0 Å². The van der Waals surface area contributed by atoms with E-state index in [1.54, 1.807) is 12.1 Å². The fourth-order valence-electron chi connectivity index (χ4n) is 2.09. The van der Waals surface area contributed by atoms with Gasteiger partial charge in [-0.25, -0.2) is 4.98 Å². The number of furan rings is 1. The first kappa shape index (κ1) is 12.9. The number of para-hydroxylation sites is 2. The predicted octanol–water partition coefficient (Wildman–Crippen LogP) is 3.66. The molecule has 0 unspecified atom stereocenters. The van der Waals surface area contributed by atoms with Crippen molar-refractivity contribution in [3.8, 4) is 0 Å². The number of amides is 1. The molecule has 5 nitrogen and oxygen atoms in total. The molecule has 0 saturated heterocycles. The van der Waals surface area contributed by atoms with Crippen LogP contribution in [0.5, 0.6) is 0 Å². The molecule has 2 heterocycles. The lowest BCUT2D eigenvalue weighted by Gasteiger charge is -2.06. The van der Waals surface area contributed by atoms with Crippen molar-refractivity contribution in [2.75, 3.05) is 5.32 Å². The lowest BCUT2D eigenvalue weighted by molar-refractivity contribution is 0.0994. The molecular formula is C14H12BrN3O2. The number of aryl methyl sites for hydroxylation is 1. The molecule has 0 radical (unpaired) electrons. The van der Waals surface area contributed by atoms with Crippen LogP contribution in [-0.4, -0.2) is 15.5 Å². The fraction of sp³-hybridized carbons (Fsp3) is 0.143. The number of hydrogen-bond acceptors (Lipinski definition) is 3. The first-order chi connectivity index (χ1) is 9.69. The van der Waals surface area contributed by atoms with Crippen molar-refractivity contribution in [2.24, 2.45) is 0 Å². The predicted molar refractivity (Wildman–Crippen MR) is 79.8 cm³/mol. The Labute approximate surface area is 123 Å². The minimum absolute atomic E-state index is 0.242. The zero-order chi connectivity index (χ0) is 14.1. The van der Waals surface area contributed by atoms with E-state index in [0.29, 0.717) is 10.6 Å². The van der Waals surface area contributed by atoms with Gasteiger partial charge in [-0.3, -0.25) is 10.1 Å². The summed E-state index contributed by atoms with van der Waals surface area (Å²) in [7, 11) is 0. The highest BCUT2D eigenvalue weighted by molar-refractivity contribution is 9.10. The number of imidazole rings is 1. The number of anilines is 1. The van der Waals surface area contributed by atoms with E-state index in [9.17, 15) is 4.79 Å². The average Bonchev–Trinajstić information content (AvgIpc) is 3.01. The lowest BCUT2D eigenvalue weighted by Crippen LogP contribution is -2.15. The van der Waals surface area contributed by atoms with Gasteiger partial charge < -0.3 is 8.98 Å². The monoisotopic (exact) mass is 333 g/mol. The molecule has 1 amide bonds. The van der Waals surface area contributed by atoms with Gasteiger partial charge in [0.1, 0.15) is 0 Å². The molecule has 20 heavy (non-hydrogen) atoms. The molecule has 0 aliphatic rings. The molecular weight excluding hydrogens is 322 g/mol. The minimum Gasteiger partial charge on any atom is -0.444 e. The normalized spacial score (nSPS) is 10.9. The third-order valence-electron chi connectivity index (χ3n) is 2.99. The topological polar surface area (TPSA) is 60.1 Å². The Morgan fingerprint density at radius 2 is 2.15 bits per heavy atom. The second-order valence-corrected chi connectivity index (χ2v) is 5.01. The molecule has 0 bridgehead atoms. The summed E-state index contributed by atoms with van der Waals surface area (Å²) in [6.45, 7) is 2.73. The van der Waals surface area contributed by atoms with Gasteiger partial charge in [-0.15, -0.1) is 0 Å². The molecule has 0 saturated carbocycles. The number of fused-ring (bicyclic) bond motifs is 1. The number of carbonyl (C=O) groups excluding carboxylic acids is 1. The van der Waals surface area contributed by atoms with Crippen LogP contribution in [0.4, 0.5) is 5.95 Å². The standard InChI is InChI=1S/C14H12BrN3O2/c1-2-18-10-6-4-3-5-9(10)16-14(18)17-13(19)11-7-8-12(15)20-11/h3-8H,2H2,1H3,(H,16,17,19). The number of aromatic nitrogens is 2. The maximum Gasteiger partial charge on any atom is 0.293 e. The molecule has 2 aromatic heterocycles. The van der Waals surface area contributed by atoms with Gasteiger partial charge in [-0.1, -0.05) is 12.1 Å². The van der Waals surface area contributed by atoms with Crippen LogP contribution in [0.2, 0.25) is 0 Å². The van der Waals surface area contributed by atoms with Gasteiger partial charge in [0.25, 0.3) is 5.91 Å². The number of nitrogens with zero attached hydrogens (tertiary/aromatic N) is 2. The van der Waals surface area contributed by atoms with Gasteiger partial charge in [-0.05, 0) is 47.1 Å². The SMILES string of the molecule is CCn1c(NC(=O)c2ccc(Br)o2)nc2ccccc21. The van der Waals surface area contributed by atoms with Crippen LogP contribution in [0.3, 0.4) is 0 Å². The van der Waals surface area contributed by atoms with Crippen LogP contribution in [0.1, 0.15) is 17.5 Å². The van der Waals surface area contributed by atoms with Crippen molar-refractivity contribution < 1.29 is 9.21 Å². The third-order valence-corrected chi connectivity index (χ3v) is 3.42. The average molecular weight is 334 g/mol. The van der Waals surface area contributed by atoms with Gasteiger partial charge in [0.2, 0.25) is 5.95 Å².